The van der Waals surface area contributed by atoms with Gasteiger partial charge in [0.1, 0.15) is 5.78 Å². The summed E-state index contributed by atoms with van der Waals surface area (Å²) in [5.41, 5.74) is 0.515. The first-order valence-electron chi connectivity index (χ1n) is 6.01. The highest BCUT2D eigenvalue weighted by atomic mass is 32.2. The van der Waals surface area contributed by atoms with Crippen LogP contribution >= 0.6 is 11.8 Å². The summed E-state index contributed by atoms with van der Waals surface area (Å²) >= 11 is 1.96. The van der Waals surface area contributed by atoms with Gasteiger partial charge in [-0.25, -0.2) is 0 Å². The van der Waals surface area contributed by atoms with Crippen molar-refractivity contribution in [3.63, 3.8) is 0 Å². The van der Waals surface area contributed by atoms with Crippen LogP contribution in [0.5, 0.6) is 0 Å². The zero-order valence-corrected chi connectivity index (χ0v) is 10.2. The molecule has 1 unspecified atom stereocenters. The molecule has 0 aliphatic heterocycles. The third-order valence-corrected chi connectivity index (χ3v) is 5.51. The number of rotatable bonds is 3. The van der Waals surface area contributed by atoms with E-state index in [9.17, 15) is 4.79 Å². The van der Waals surface area contributed by atoms with Crippen LogP contribution in [0.15, 0.2) is 12.7 Å². The average molecular weight is 224 g/mol. The van der Waals surface area contributed by atoms with E-state index in [4.69, 9.17) is 0 Å². The number of ketones is 1. The molecule has 1 nitrogen and oxygen atoms in total. The maximum absolute atomic E-state index is 11.5. The first kappa shape index (κ1) is 11.3. The summed E-state index contributed by atoms with van der Waals surface area (Å²) in [6.07, 6.45) is 10.2. The van der Waals surface area contributed by atoms with Crippen molar-refractivity contribution in [1.29, 1.82) is 0 Å². The highest BCUT2D eigenvalue weighted by Gasteiger charge is 2.44. The van der Waals surface area contributed by atoms with Crippen molar-refractivity contribution < 1.29 is 4.79 Å². The monoisotopic (exact) mass is 224 g/mol. The molecular weight excluding hydrogens is 204 g/mol. The number of carbonyl (C=O) groups excluding carboxylic acids is 1. The minimum Gasteiger partial charge on any atom is -0.300 e. The van der Waals surface area contributed by atoms with Crippen molar-refractivity contribution >= 4 is 17.5 Å². The molecule has 2 heteroatoms. The summed E-state index contributed by atoms with van der Waals surface area (Å²) in [6.45, 7) is 3.77. The van der Waals surface area contributed by atoms with Crippen LogP contribution in [0.4, 0.5) is 0 Å². The summed E-state index contributed by atoms with van der Waals surface area (Å²) in [4.78, 5) is 11.5. The molecule has 0 aromatic heterocycles. The second-order valence-corrected chi connectivity index (χ2v) is 6.16. The highest BCUT2D eigenvalue weighted by molar-refractivity contribution is 8.00. The molecule has 84 valence electrons. The lowest BCUT2D eigenvalue weighted by atomic mass is 9.72. The molecule has 0 amide bonds. The molecule has 2 fully saturated rings. The van der Waals surface area contributed by atoms with Crippen molar-refractivity contribution in [2.45, 2.75) is 50.2 Å². The fraction of sp³-hybridized carbons (Fsp3) is 0.769. The number of Topliss-reactive ketones (excluding diaryl/α,β-unsaturated/α-hetero) is 1. The SMILES string of the molecule is C=CCSC1CC(=O)CCC12CCCC2. The smallest absolute Gasteiger partial charge is 0.134 e. The molecule has 0 N–H and O–H groups in total. The lowest BCUT2D eigenvalue weighted by molar-refractivity contribution is -0.122. The number of hydrogen-bond donors (Lipinski definition) is 0. The minimum atomic E-state index is 0.481. The van der Waals surface area contributed by atoms with Gasteiger partial charge >= 0.3 is 0 Å². The maximum Gasteiger partial charge on any atom is 0.134 e. The Morgan fingerprint density at radius 1 is 1.40 bits per heavy atom. The van der Waals surface area contributed by atoms with Crippen molar-refractivity contribution in [3.05, 3.63) is 12.7 Å². The maximum atomic E-state index is 11.5. The first-order chi connectivity index (χ1) is 7.27. The lowest BCUT2D eigenvalue weighted by Gasteiger charge is -2.40. The molecule has 1 atom stereocenters. The second kappa shape index (κ2) is 4.73. The normalized spacial score (nSPS) is 29.6. The average Bonchev–Trinajstić information content (AvgIpc) is 2.70. The van der Waals surface area contributed by atoms with Gasteiger partial charge in [-0.1, -0.05) is 18.9 Å². The molecule has 0 aromatic carbocycles. The van der Waals surface area contributed by atoms with Crippen LogP contribution in [0.2, 0.25) is 0 Å². The van der Waals surface area contributed by atoms with Gasteiger partial charge in [0.25, 0.3) is 0 Å². The Bertz CT molecular complexity index is 253. The van der Waals surface area contributed by atoms with Gasteiger partial charge in [-0.2, -0.15) is 11.8 Å². The molecule has 0 saturated heterocycles. The van der Waals surface area contributed by atoms with Gasteiger partial charge in [-0.05, 0) is 24.7 Å². The molecule has 0 bridgehead atoms. The van der Waals surface area contributed by atoms with Crippen LogP contribution in [-0.4, -0.2) is 16.8 Å². The van der Waals surface area contributed by atoms with Crippen LogP contribution in [0.1, 0.15) is 44.9 Å². The van der Waals surface area contributed by atoms with E-state index in [-0.39, 0.29) is 0 Å². The van der Waals surface area contributed by atoms with E-state index < -0.39 is 0 Å². The fourth-order valence-corrected chi connectivity index (χ4v) is 4.52. The molecule has 15 heavy (non-hydrogen) atoms. The molecule has 2 aliphatic carbocycles. The Morgan fingerprint density at radius 2 is 2.13 bits per heavy atom. The fourth-order valence-electron chi connectivity index (χ4n) is 3.15. The Labute approximate surface area is 96.7 Å². The molecule has 2 aliphatic rings. The number of carbonyl (C=O) groups is 1. The molecule has 0 heterocycles. The van der Waals surface area contributed by atoms with Gasteiger partial charge in [-0.3, -0.25) is 4.79 Å². The van der Waals surface area contributed by atoms with E-state index in [1.807, 2.05) is 17.8 Å². The standard InChI is InChI=1S/C13H20OS/c1-2-9-15-12-10-11(14)5-8-13(12)6-3-4-7-13/h2,12H,1,3-10H2. The van der Waals surface area contributed by atoms with Gasteiger partial charge in [0.15, 0.2) is 0 Å². The Morgan fingerprint density at radius 3 is 2.80 bits per heavy atom. The third-order valence-electron chi connectivity index (χ3n) is 4.01. The van der Waals surface area contributed by atoms with Gasteiger partial charge in [-0.15, -0.1) is 6.58 Å². The van der Waals surface area contributed by atoms with E-state index >= 15 is 0 Å². The van der Waals surface area contributed by atoms with Crippen molar-refractivity contribution in [2.24, 2.45) is 5.41 Å². The van der Waals surface area contributed by atoms with Crippen LogP contribution in [0.3, 0.4) is 0 Å². The van der Waals surface area contributed by atoms with E-state index in [0.717, 1.165) is 25.0 Å². The van der Waals surface area contributed by atoms with E-state index in [1.165, 1.54) is 25.7 Å². The summed E-state index contributed by atoms with van der Waals surface area (Å²) in [5.74, 6) is 1.48. The van der Waals surface area contributed by atoms with Gasteiger partial charge in [0, 0.05) is 23.8 Å². The van der Waals surface area contributed by atoms with Crippen molar-refractivity contribution in [2.75, 3.05) is 5.75 Å². The van der Waals surface area contributed by atoms with Crippen LogP contribution in [0, 0.1) is 5.41 Å². The van der Waals surface area contributed by atoms with Crippen molar-refractivity contribution in [1.82, 2.24) is 0 Å². The molecular formula is C13H20OS. The van der Waals surface area contributed by atoms with Gasteiger partial charge in [0.2, 0.25) is 0 Å². The molecule has 2 rings (SSSR count). The van der Waals surface area contributed by atoms with Crippen LogP contribution in [-0.2, 0) is 4.79 Å². The summed E-state index contributed by atoms with van der Waals surface area (Å²) < 4.78 is 0. The van der Waals surface area contributed by atoms with E-state index in [1.54, 1.807) is 0 Å². The largest absolute Gasteiger partial charge is 0.300 e. The second-order valence-electron chi connectivity index (χ2n) is 4.92. The van der Waals surface area contributed by atoms with E-state index in [0.29, 0.717) is 16.4 Å². The number of hydrogen-bond acceptors (Lipinski definition) is 2. The molecule has 2 saturated carbocycles. The Balaban J connectivity index is 2.05. The van der Waals surface area contributed by atoms with E-state index in [2.05, 4.69) is 6.58 Å². The zero-order chi connectivity index (χ0) is 10.7. The molecule has 1 spiro atoms. The summed E-state index contributed by atoms with van der Waals surface area (Å²) in [5, 5.41) is 0.583. The quantitative estimate of drug-likeness (QED) is 0.681. The number of thioether (sulfide) groups is 1. The zero-order valence-electron chi connectivity index (χ0n) is 9.34. The third kappa shape index (κ3) is 2.30. The predicted octanol–water partition coefficient (Wildman–Crippen LogP) is 3.59. The Hall–Kier alpha value is -0.240. The molecule has 0 radical (unpaired) electrons. The Kier molecular flexibility index (Phi) is 3.55. The summed E-state index contributed by atoms with van der Waals surface area (Å²) in [6, 6.07) is 0. The highest BCUT2D eigenvalue weighted by Crippen LogP contribution is 2.52. The lowest BCUT2D eigenvalue weighted by Crippen LogP contribution is -2.37. The topological polar surface area (TPSA) is 17.1 Å². The van der Waals surface area contributed by atoms with Gasteiger partial charge in [0.05, 0.1) is 0 Å². The predicted molar refractivity (Wildman–Crippen MR) is 66.2 cm³/mol. The van der Waals surface area contributed by atoms with Crippen molar-refractivity contribution in [3.8, 4) is 0 Å². The summed E-state index contributed by atoms with van der Waals surface area (Å²) in [7, 11) is 0. The first-order valence-corrected chi connectivity index (χ1v) is 7.06. The minimum absolute atomic E-state index is 0.481. The van der Waals surface area contributed by atoms with Crippen LogP contribution < -0.4 is 0 Å². The van der Waals surface area contributed by atoms with Gasteiger partial charge < -0.3 is 0 Å². The molecule has 0 aromatic rings. The van der Waals surface area contributed by atoms with Crippen LogP contribution in [0.25, 0.3) is 0 Å².